The van der Waals surface area contributed by atoms with E-state index >= 15 is 0 Å². The molecule has 0 aromatic heterocycles. The number of hydrogen-bond acceptors (Lipinski definition) is 4. The summed E-state index contributed by atoms with van der Waals surface area (Å²) in [4.78, 5) is 0. The Kier molecular flexibility index (Phi) is 1.51. The number of hydrogen-bond donors (Lipinski definition) is 2. The van der Waals surface area contributed by atoms with Crippen molar-refractivity contribution in [3.8, 4) is 0 Å². The summed E-state index contributed by atoms with van der Waals surface area (Å²) in [6.45, 7) is -0.0264. The average molecular weight is 156 g/mol. The van der Waals surface area contributed by atoms with Crippen LogP contribution in [0.2, 0.25) is 0 Å². The maximum Gasteiger partial charge on any atom is 0.142 e. The molecule has 5 heteroatoms. The molecule has 0 aliphatic carbocycles. The summed E-state index contributed by atoms with van der Waals surface area (Å²) in [5.74, 6) is 0. The van der Waals surface area contributed by atoms with Gasteiger partial charge < -0.3 is 19.7 Å². The molecule has 4 atom stereocenters. The van der Waals surface area contributed by atoms with Crippen LogP contribution in [-0.4, -0.2) is 55.1 Å². The monoisotopic (exact) mass is 156 g/mol. The highest BCUT2D eigenvalue weighted by atomic mass is 16.6. The van der Waals surface area contributed by atoms with Gasteiger partial charge in [0.2, 0.25) is 0 Å². The Balaban J connectivity index is 2.24. The first-order chi connectivity index (χ1) is 5.19. The van der Waals surface area contributed by atoms with Crippen molar-refractivity contribution in [3.63, 3.8) is 0 Å². The standard InChI is InChI=1S/C6H9BO4/c7-5-3-4(9)6(1-8,11-5)2-10-3/h3-5,8-9H,1-2H2/t3?,4-,5-,6+/m1/s1. The molecule has 2 saturated heterocycles. The number of rotatable bonds is 1. The van der Waals surface area contributed by atoms with Crippen LogP contribution in [0, 0.1) is 0 Å². The van der Waals surface area contributed by atoms with Gasteiger partial charge in [0.1, 0.15) is 25.7 Å². The smallest absolute Gasteiger partial charge is 0.142 e. The summed E-state index contributed by atoms with van der Waals surface area (Å²) in [7, 11) is 5.45. The maximum atomic E-state index is 9.46. The van der Waals surface area contributed by atoms with E-state index in [1.165, 1.54) is 0 Å². The third kappa shape index (κ3) is 0.795. The van der Waals surface area contributed by atoms with E-state index in [1.54, 1.807) is 0 Å². The molecule has 1 unspecified atom stereocenters. The summed E-state index contributed by atoms with van der Waals surface area (Å²) in [5.41, 5.74) is -0.954. The van der Waals surface area contributed by atoms with E-state index in [9.17, 15) is 5.11 Å². The molecule has 2 heterocycles. The van der Waals surface area contributed by atoms with Crippen LogP contribution in [-0.2, 0) is 9.47 Å². The summed E-state index contributed by atoms with van der Waals surface area (Å²) in [6.07, 6.45) is -1.26. The largest absolute Gasteiger partial charge is 0.393 e. The summed E-state index contributed by atoms with van der Waals surface area (Å²) in [6, 6.07) is -0.606. The second-order valence-electron chi connectivity index (χ2n) is 3.03. The molecule has 0 spiro atoms. The van der Waals surface area contributed by atoms with Crippen LogP contribution in [0.4, 0.5) is 0 Å². The van der Waals surface area contributed by atoms with E-state index in [2.05, 4.69) is 0 Å². The van der Waals surface area contributed by atoms with Crippen LogP contribution in [0.25, 0.3) is 0 Å². The molecule has 2 bridgehead atoms. The molecule has 2 radical (unpaired) electrons. The Bertz CT molecular complexity index is 176. The predicted octanol–water partition coefficient (Wildman–Crippen LogP) is -2.00. The average Bonchev–Trinajstić information content (AvgIpc) is 2.42. The van der Waals surface area contributed by atoms with Crippen molar-refractivity contribution in [1.29, 1.82) is 0 Å². The fraction of sp³-hybridized carbons (Fsp3) is 1.00. The minimum absolute atomic E-state index is 0.225. The molecule has 4 nitrogen and oxygen atoms in total. The normalized spacial score (nSPS) is 55.3. The molecule has 0 aromatic rings. The zero-order valence-corrected chi connectivity index (χ0v) is 5.93. The van der Waals surface area contributed by atoms with Crippen LogP contribution < -0.4 is 0 Å². The van der Waals surface area contributed by atoms with Crippen LogP contribution in [0.5, 0.6) is 0 Å². The van der Waals surface area contributed by atoms with Gasteiger partial charge in [0.25, 0.3) is 0 Å². The van der Waals surface area contributed by atoms with Crippen molar-refractivity contribution in [2.75, 3.05) is 13.2 Å². The van der Waals surface area contributed by atoms with E-state index in [4.69, 9.17) is 22.4 Å². The third-order valence-electron chi connectivity index (χ3n) is 2.33. The quantitative estimate of drug-likeness (QED) is 0.431. The molecule has 11 heavy (non-hydrogen) atoms. The zero-order valence-electron chi connectivity index (χ0n) is 5.93. The van der Waals surface area contributed by atoms with Crippen LogP contribution in [0.1, 0.15) is 0 Å². The van der Waals surface area contributed by atoms with Gasteiger partial charge in [0.15, 0.2) is 0 Å². The Hall–Kier alpha value is -0.0951. The minimum Gasteiger partial charge on any atom is -0.393 e. The lowest BCUT2D eigenvalue weighted by Gasteiger charge is -2.27. The highest BCUT2D eigenvalue weighted by Crippen LogP contribution is 2.38. The molecular weight excluding hydrogens is 147 g/mol. The van der Waals surface area contributed by atoms with Gasteiger partial charge >= 0.3 is 0 Å². The van der Waals surface area contributed by atoms with Crippen molar-refractivity contribution in [2.24, 2.45) is 0 Å². The van der Waals surface area contributed by atoms with Crippen molar-refractivity contribution in [3.05, 3.63) is 0 Å². The van der Waals surface area contributed by atoms with Gasteiger partial charge in [0.05, 0.1) is 13.2 Å². The Labute approximate surface area is 65.5 Å². The third-order valence-corrected chi connectivity index (χ3v) is 2.33. The second kappa shape index (κ2) is 2.20. The lowest BCUT2D eigenvalue weighted by Crippen LogP contribution is -2.44. The lowest BCUT2D eigenvalue weighted by molar-refractivity contribution is -0.136. The van der Waals surface area contributed by atoms with Gasteiger partial charge in [-0.2, -0.15) is 0 Å². The van der Waals surface area contributed by atoms with E-state index in [0.29, 0.717) is 0 Å². The topological polar surface area (TPSA) is 58.9 Å². The summed E-state index contributed by atoms with van der Waals surface area (Å²) < 4.78 is 10.3. The fourth-order valence-corrected chi connectivity index (χ4v) is 1.61. The molecule has 2 rings (SSSR count). The van der Waals surface area contributed by atoms with Gasteiger partial charge in [-0.05, 0) is 0 Å². The molecule has 2 N–H and O–H groups in total. The molecule has 2 fully saturated rings. The first-order valence-electron chi connectivity index (χ1n) is 3.53. The number of aliphatic hydroxyl groups excluding tert-OH is 2. The van der Waals surface area contributed by atoms with E-state index in [1.807, 2.05) is 0 Å². The second-order valence-corrected chi connectivity index (χ2v) is 3.03. The first kappa shape index (κ1) is 7.55. The first-order valence-corrected chi connectivity index (χ1v) is 3.53. The van der Waals surface area contributed by atoms with Crippen molar-refractivity contribution in [1.82, 2.24) is 0 Å². The predicted molar refractivity (Wildman–Crippen MR) is 36.2 cm³/mol. The Morgan fingerprint density at radius 2 is 2.36 bits per heavy atom. The maximum absolute atomic E-state index is 9.46. The Morgan fingerprint density at radius 1 is 1.64 bits per heavy atom. The van der Waals surface area contributed by atoms with E-state index in [0.717, 1.165) is 0 Å². The van der Waals surface area contributed by atoms with E-state index in [-0.39, 0.29) is 13.2 Å². The van der Waals surface area contributed by atoms with Crippen molar-refractivity contribution >= 4 is 7.85 Å². The highest BCUT2D eigenvalue weighted by molar-refractivity contribution is 6.11. The number of ether oxygens (including phenoxy) is 2. The molecular formula is C6H9BO4. The van der Waals surface area contributed by atoms with Crippen LogP contribution in [0.3, 0.4) is 0 Å². The summed E-state index contributed by atoms with van der Waals surface area (Å²) in [5, 5.41) is 18.4. The number of fused-ring (bicyclic) bond motifs is 2. The number of aliphatic hydroxyl groups is 2. The fourth-order valence-electron chi connectivity index (χ4n) is 1.61. The van der Waals surface area contributed by atoms with Crippen molar-refractivity contribution < 1.29 is 19.7 Å². The SMILES string of the molecule is [B][C@@H]1O[C@@]2(CO)COC1[C@H]2O. The van der Waals surface area contributed by atoms with Gasteiger partial charge in [-0.1, -0.05) is 0 Å². The Morgan fingerprint density at radius 3 is 2.64 bits per heavy atom. The van der Waals surface area contributed by atoms with Gasteiger partial charge in [-0.25, -0.2) is 0 Å². The lowest BCUT2D eigenvalue weighted by atomic mass is 9.92. The van der Waals surface area contributed by atoms with E-state index < -0.39 is 23.8 Å². The van der Waals surface area contributed by atoms with Gasteiger partial charge in [-0.15, -0.1) is 0 Å². The highest BCUT2D eigenvalue weighted by Gasteiger charge is 2.58. The molecule has 0 amide bonds. The van der Waals surface area contributed by atoms with Gasteiger partial charge in [0, 0.05) is 6.00 Å². The summed E-state index contributed by atoms with van der Waals surface area (Å²) >= 11 is 0. The van der Waals surface area contributed by atoms with Gasteiger partial charge in [-0.3, -0.25) is 0 Å². The molecule has 2 aliphatic rings. The zero-order chi connectivity index (χ0) is 8.06. The molecule has 0 saturated carbocycles. The molecule has 60 valence electrons. The van der Waals surface area contributed by atoms with Crippen LogP contribution >= 0.6 is 0 Å². The molecule has 0 aromatic carbocycles. The van der Waals surface area contributed by atoms with Crippen molar-refractivity contribution in [2.45, 2.75) is 23.8 Å². The minimum atomic E-state index is -0.954. The van der Waals surface area contributed by atoms with Crippen LogP contribution in [0.15, 0.2) is 0 Å². The molecule has 2 aliphatic heterocycles.